The normalized spacial score (nSPS) is 20.0. The Morgan fingerprint density at radius 1 is 1.48 bits per heavy atom. The number of hydrogen-bond donors (Lipinski definition) is 3. The topological polar surface area (TPSA) is 73.0 Å². The third kappa shape index (κ3) is 3.16. The Hall–Kier alpha value is -1.66. The minimum Gasteiger partial charge on any atom is -0.348 e. The van der Waals surface area contributed by atoms with Gasteiger partial charge in [0.15, 0.2) is 5.69 Å². The monoisotopic (exact) mass is 289 g/mol. The average Bonchev–Trinajstić information content (AvgIpc) is 2.93. The third-order valence-electron chi connectivity index (χ3n) is 4.33. The minimum absolute atomic E-state index is 0.0432. The molecule has 6 heteroatoms. The van der Waals surface area contributed by atoms with E-state index >= 15 is 0 Å². The molecule has 0 saturated carbocycles. The second-order valence-electron chi connectivity index (χ2n) is 5.79. The largest absolute Gasteiger partial charge is 0.348 e. The molecule has 0 aromatic carbocycles. The molecule has 1 aromatic heterocycles. The Morgan fingerprint density at radius 2 is 2.29 bits per heavy atom. The fourth-order valence-corrected chi connectivity index (χ4v) is 3.11. The molecule has 3 heterocycles. The number of nitrogens with one attached hydrogen (secondary N) is 3. The third-order valence-corrected chi connectivity index (χ3v) is 4.33. The van der Waals surface area contributed by atoms with E-state index in [0.29, 0.717) is 5.69 Å². The second-order valence-corrected chi connectivity index (χ2v) is 5.79. The highest BCUT2D eigenvalue weighted by Gasteiger charge is 2.25. The molecule has 0 aliphatic carbocycles. The summed E-state index contributed by atoms with van der Waals surface area (Å²) < 4.78 is 0. The van der Waals surface area contributed by atoms with E-state index in [1.807, 2.05) is 6.08 Å². The zero-order chi connectivity index (χ0) is 14.7. The van der Waals surface area contributed by atoms with Crippen molar-refractivity contribution in [3.8, 4) is 0 Å². The van der Waals surface area contributed by atoms with Crippen LogP contribution in [0.2, 0.25) is 0 Å². The maximum absolute atomic E-state index is 12.4. The quantitative estimate of drug-likeness (QED) is 0.703. The summed E-state index contributed by atoms with van der Waals surface area (Å²) in [6.07, 6.45) is 4.83. The number of fused-ring (bicyclic) bond motifs is 1. The van der Waals surface area contributed by atoms with Crippen molar-refractivity contribution in [2.24, 2.45) is 0 Å². The van der Waals surface area contributed by atoms with E-state index in [0.717, 1.165) is 63.2 Å². The lowest BCUT2D eigenvalue weighted by atomic mass is 10.0. The summed E-state index contributed by atoms with van der Waals surface area (Å²) in [6.45, 7) is 8.39. The number of nitrogens with zero attached hydrogens (tertiary/aromatic N) is 2. The van der Waals surface area contributed by atoms with Crippen LogP contribution < -0.4 is 10.6 Å². The first-order valence-corrected chi connectivity index (χ1v) is 7.69. The molecule has 3 rings (SSSR count). The van der Waals surface area contributed by atoms with Crippen molar-refractivity contribution in [2.75, 3.05) is 26.2 Å². The lowest BCUT2D eigenvalue weighted by molar-refractivity contribution is 0.0908. The van der Waals surface area contributed by atoms with Crippen LogP contribution in [0.3, 0.4) is 0 Å². The van der Waals surface area contributed by atoms with E-state index in [1.165, 1.54) is 0 Å². The molecule has 0 unspecified atom stereocenters. The summed E-state index contributed by atoms with van der Waals surface area (Å²) in [5, 5.41) is 13.6. The predicted octanol–water partition coefficient (Wildman–Crippen LogP) is 0.436. The van der Waals surface area contributed by atoms with Crippen LogP contribution >= 0.6 is 0 Å². The van der Waals surface area contributed by atoms with Crippen LogP contribution in [-0.4, -0.2) is 53.2 Å². The fourth-order valence-electron chi connectivity index (χ4n) is 3.11. The maximum Gasteiger partial charge on any atom is 0.272 e. The zero-order valence-electron chi connectivity index (χ0n) is 12.3. The molecular weight excluding hydrogens is 266 g/mol. The lowest BCUT2D eigenvalue weighted by Gasteiger charge is -2.31. The van der Waals surface area contributed by atoms with Gasteiger partial charge in [0.25, 0.3) is 5.91 Å². The van der Waals surface area contributed by atoms with Crippen molar-refractivity contribution in [1.82, 2.24) is 25.7 Å². The number of rotatable bonds is 4. The highest BCUT2D eigenvalue weighted by Crippen LogP contribution is 2.16. The maximum atomic E-state index is 12.4. The van der Waals surface area contributed by atoms with Crippen molar-refractivity contribution >= 4 is 5.91 Å². The van der Waals surface area contributed by atoms with Gasteiger partial charge in [-0.1, -0.05) is 6.08 Å². The highest BCUT2D eigenvalue weighted by molar-refractivity contribution is 5.94. The molecule has 114 valence electrons. The van der Waals surface area contributed by atoms with Crippen molar-refractivity contribution in [3.05, 3.63) is 29.6 Å². The average molecular weight is 289 g/mol. The van der Waals surface area contributed by atoms with Crippen LogP contribution in [0.25, 0.3) is 0 Å². The van der Waals surface area contributed by atoms with Gasteiger partial charge in [-0.15, -0.1) is 6.58 Å². The van der Waals surface area contributed by atoms with E-state index < -0.39 is 0 Å². The first-order valence-electron chi connectivity index (χ1n) is 7.69. The van der Waals surface area contributed by atoms with E-state index in [1.54, 1.807) is 0 Å². The Balaban J connectivity index is 1.57. The summed E-state index contributed by atoms with van der Waals surface area (Å²) in [7, 11) is 0. The number of amides is 1. The van der Waals surface area contributed by atoms with Gasteiger partial charge in [0.05, 0.1) is 0 Å². The van der Waals surface area contributed by atoms with Gasteiger partial charge in [-0.25, -0.2) is 0 Å². The van der Waals surface area contributed by atoms with Crippen molar-refractivity contribution in [2.45, 2.75) is 31.8 Å². The first kappa shape index (κ1) is 14.3. The predicted molar refractivity (Wildman–Crippen MR) is 81.1 cm³/mol. The van der Waals surface area contributed by atoms with Crippen LogP contribution in [0.4, 0.5) is 0 Å². The Kier molecular flexibility index (Phi) is 4.36. The molecule has 1 fully saturated rings. The molecule has 2 aliphatic rings. The number of carbonyl (C=O) groups excluding carboxylic acids is 1. The van der Waals surface area contributed by atoms with Gasteiger partial charge in [-0.3, -0.25) is 14.8 Å². The highest BCUT2D eigenvalue weighted by atomic mass is 16.2. The number of likely N-dealkylation sites (tertiary alicyclic amines) is 1. The number of piperidine rings is 1. The van der Waals surface area contributed by atoms with Gasteiger partial charge in [-0.05, 0) is 12.8 Å². The Bertz CT molecular complexity index is 516. The molecule has 6 nitrogen and oxygen atoms in total. The molecule has 21 heavy (non-hydrogen) atoms. The number of carbonyl (C=O) groups is 1. The van der Waals surface area contributed by atoms with Crippen LogP contribution in [0.5, 0.6) is 0 Å². The zero-order valence-corrected chi connectivity index (χ0v) is 12.3. The molecule has 0 radical (unpaired) electrons. The van der Waals surface area contributed by atoms with Gasteiger partial charge < -0.3 is 10.6 Å². The fraction of sp³-hybridized carbons (Fsp3) is 0.600. The van der Waals surface area contributed by atoms with Gasteiger partial charge in [0, 0.05) is 56.4 Å². The van der Waals surface area contributed by atoms with Crippen LogP contribution in [-0.2, 0) is 13.0 Å². The van der Waals surface area contributed by atoms with E-state index in [-0.39, 0.29) is 11.9 Å². The molecule has 0 bridgehead atoms. The first-order chi connectivity index (χ1) is 10.3. The molecule has 1 saturated heterocycles. The summed E-state index contributed by atoms with van der Waals surface area (Å²) in [5.74, 6) is -0.0432. The molecule has 2 aliphatic heterocycles. The van der Waals surface area contributed by atoms with Crippen molar-refractivity contribution < 1.29 is 4.79 Å². The van der Waals surface area contributed by atoms with Crippen LogP contribution in [0.1, 0.15) is 34.6 Å². The van der Waals surface area contributed by atoms with E-state index in [2.05, 4.69) is 32.3 Å². The summed E-state index contributed by atoms with van der Waals surface area (Å²) >= 11 is 0. The minimum atomic E-state index is -0.0432. The molecule has 0 spiro atoms. The van der Waals surface area contributed by atoms with Crippen LogP contribution in [0.15, 0.2) is 12.7 Å². The number of H-pyrrole nitrogens is 1. The van der Waals surface area contributed by atoms with Gasteiger partial charge in [-0.2, -0.15) is 5.10 Å². The Morgan fingerprint density at radius 3 is 3.05 bits per heavy atom. The summed E-state index contributed by atoms with van der Waals surface area (Å²) in [4.78, 5) is 14.8. The van der Waals surface area contributed by atoms with E-state index in [9.17, 15) is 4.79 Å². The molecule has 0 atom stereocenters. The molecule has 1 aromatic rings. The summed E-state index contributed by atoms with van der Waals surface area (Å²) in [5.41, 5.74) is 2.69. The lowest BCUT2D eigenvalue weighted by Crippen LogP contribution is -2.45. The molecule has 3 N–H and O–H groups in total. The van der Waals surface area contributed by atoms with Crippen molar-refractivity contribution in [3.63, 3.8) is 0 Å². The number of hydrogen-bond acceptors (Lipinski definition) is 4. The number of aromatic nitrogens is 2. The SMILES string of the molecule is C=CCN1CCC(NC(=O)c2n[nH]c3c2CNCC3)CC1. The van der Waals surface area contributed by atoms with Gasteiger partial charge >= 0.3 is 0 Å². The van der Waals surface area contributed by atoms with E-state index in [4.69, 9.17) is 0 Å². The second kappa shape index (κ2) is 6.41. The van der Waals surface area contributed by atoms with Crippen molar-refractivity contribution in [1.29, 1.82) is 0 Å². The molecular formula is C15H23N5O. The molecule has 1 amide bonds. The Labute approximate surface area is 125 Å². The van der Waals surface area contributed by atoms with Gasteiger partial charge in [0.2, 0.25) is 0 Å². The smallest absolute Gasteiger partial charge is 0.272 e. The van der Waals surface area contributed by atoms with Crippen LogP contribution in [0, 0.1) is 0 Å². The van der Waals surface area contributed by atoms with Gasteiger partial charge in [0.1, 0.15) is 0 Å². The standard InChI is InChI=1S/C15H23N5O/c1-2-7-20-8-4-11(5-9-20)17-15(21)14-12-10-16-6-3-13(12)18-19-14/h2,11,16H,1,3-10H2,(H,17,21)(H,18,19). The number of aromatic amines is 1. The summed E-state index contributed by atoms with van der Waals surface area (Å²) in [6, 6.07) is 0.252.